The van der Waals surface area contributed by atoms with E-state index in [2.05, 4.69) is 18.0 Å². The second-order valence-corrected chi connectivity index (χ2v) is 5.11. The first-order valence-electron chi connectivity index (χ1n) is 4.52. The van der Waals surface area contributed by atoms with Crippen LogP contribution in [0.1, 0.15) is 33.1 Å². The van der Waals surface area contributed by atoms with Crippen molar-refractivity contribution in [1.29, 1.82) is 0 Å². The molecule has 1 aliphatic carbocycles. The van der Waals surface area contributed by atoms with Crippen LogP contribution in [0.3, 0.4) is 0 Å². The van der Waals surface area contributed by atoms with E-state index in [1.807, 2.05) is 0 Å². The Morgan fingerprint density at radius 2 is 1.57 bits per heavy atom. The number of hydrogen-bond acceptors (Lipinski definition) is 3. The monoisotopic (exact) mass is 247 g/mol. The number of rotatable bonds is 2. The Morgan fingerprint density at radius 3 is 1.93 bits per heavy atom. The first-order valence-corrected chi connectivity index (χ1v) is 5.89. The summed E-state index contributed by atoms with van der Waals surface area (Å²) in [7, 11) is -4.27. The minimum absolute atomic E-state index is 0. The molecule has 14 heavy (non-hydrogen) atoms. The Balaban J connectivity index is 0.00000169. The number of hydrogen-bond donors (Lipinski definition) is 1. The summed E-state index contributed by atoms with van der Waals surface area (Å²) >= 11 is 0. The van der Waals surface area contributed by atoms with Crippen molar-refractivity contribution in [2.45, 2.75) is 39.2 Å². The van der Waals surface area contributed by atoms with Crippen molar-refractivity contribution in [3.8, 4) is 0 Å². The first kappa shape index (κ1) is 15.5. The molecule has 0 aromatic rings. The molecule has 0 bridgehead atoms. The Hall–Kier alpha value is 1.51. The average Bonchev–Trinajstić information content (AvgIpc) is 1.78. The van der Waals surface area contributed by atoms with Crippen molar-refractivity contribution >= 4 is 61.8 Å². The Labute approximate surface area is 128 Å². The molecule has 0 saturated heterocycles. The zero-order valence-electron chi connectivity index (χ0n) is 8.93. The molecule has 1 N–H and O–H groups in total. The van der Waals surface area contributed by atoms with Crippen molar-refractivity contribution in [2.24, 2.45) is 11.8 Å². The minimum atomic E-state index is -4.27. The molecule has 1 aliphatic rings. The molecule has 0 aromatic carbocycles. The Morgan fingerprint density at radius 1 is 1.14 bits per heavy atom. The van der Waals surface area contributed by atoms with E-state index in [1.54, 1.807) is 0 Å². The summed E-state index contributed by atoms with van der Waals surface area (Å²) in [5.41, 5.74) is 0. The third-order valence-corrected chi connectivity index (χ3v) is 2.91. The van der Waals surface area contributed by atoms with Gasteiger partial charge in [-0.05, 0) is 31.1 Å². The third kappa shape index (κ3) is 6.17. The maximum absolute atomic E-state index is 10.4. The molecular weight excluding hydrogens is 231 g/mol. The average molecular weight is 247 g/mol. The maximum Gasteiger partial charge on any atom is 0.397 e. The minimum Gasteiger partial charge on any atom is -0.264 e. The van der Waals surface area contributed by atoms with E-state index < -0.39 is 10.4 Å². The van der Waals surface area contributed by atoms with E-state index in [-0.39, 0.29) is 57.5 Å². The molecular formula is C8H16KO4S. The third-order valence-electron chi connectivity index (χ3n) is 2.39. The van der Waals surface area contributed by atoms with Crippen molar-refractivity contribution in [1.82, 2.24) is 0 Å². The molecule has 0 aliphatic heterocycles. The van der Waals surface area contributed by atoms with Crippen LogP contribution in [0.25, 0.3) is 0 Å². The van der Waals surface area contributed by atoms with Gasteiger partial charge in [-0.15, -0.1) is 0 Å². The molecule has 1 saturated carbocycles. The van der Waals surface area contributed by atoms with E-state index in [9.17, 15) is 8.42 Å². The predicted molar refractivity (Wildman–Crippen MR) is 54.4 cm³/mol. The molecule has 1 fully saturated rings. The topological polar surface area (TPSA) is 63.6 Å². The van der Waals surface area contributed by atoms with Gasteiger partial charge in [0.05, 0.1) is 6.10 Å². The summed E-state index contributed by atoms with van der Waals surface area (Å²) in [6.45, 7) is 4.13. The summed E-state index contributed by atoms with van der Waals surface area (Å²) < 4.78 is 33.9. The standard InChI is InChI=1S/C8H16O4S.K/c1-6-3-7(2)5-8(4-6)12-13(9,10)11;/h6-8H,3-5H2,1-2H3,(H,9,10,11);. The van der Waals surface area contributed by atoms with Crippen LogP contribution in [-0.4, -0.2) is 70.5 Å². The van der Waals surface area contributed by atoms with E-state index in [4.69, 9.17) is 4.55 Å². The molecule has 1 radical (unpaired) electrons. The largest absolute Gasteiger partial charge is 0.397 e. The summed E-state index contributed by atoms with van der Waals surface area (Å²) in [6.07, 6.45) is 2.19. The van der Waals surface area contributed by atoms with E-state index in [1.165, 1.54) is 0 Å². The fourth-order valence-corrected chi connectivity index (χ4v) is 2.62. The van der Waals surface area contributed by atoms with Gasteiger partial charge in [-0.3, -0.25) is 4.55 Å². The Bertz CT molecular complexity index is 255. The summed E-state index contributed by atoms with van der Waals surface area (Å²) in [5.74, 6) is 0.936. The van der Waals surface area contributed by atoms with Gasteiger partial charge in [0.1, 0.15) is 0 Å². The van der Waals surface area contributed by atoms with Crippen LogP contribution in [0.15, 0.2) is 0 Å². The van der Waals surface area contributed by atoms with Crippen LogP contribution in [0.5, 0.6) is 0 Å². The molecule has 0 spiro atoms. The molecule has 0 aromatic heterocycles. The smallest absolute Gasteiger partial charge is 0.264 e. The van der Waals surface area contributed by atoms with Gasteiger partial charge < -0.3 is 0 Å². The molecule has 79 valence electrons. The fourth-order valence-electron chi connectivity index (χ4n) is 2.12. The van der Waals surface area contributed by atoms with Gasteiger partial charge in [-0.1, -0.05) is 13.8 Å². The fraction of sp³-hybridized carbons (Fsp3) is 1.00. The van der Waals surface area contributed by atoms with Gasteiger partial charge in [-0.25, -0.2) is 4.18 Å². The van der Waals surface area contributed by atoms with Gasteiger partial charge >= 0.3 is 10.4 Å². The zero-order valence-corrected chi connectivity index (χ0v) is 12.9. The van der Waals surface area contributed by atoms with Crippen molar-refractivity contribution in [3.05, 3.63) is 0 Å². The Kier molecular flexibility index (Phi) is 6.97. The zero-order chi connectivity index (χ0) is 10.1. The van der Waals surface area contributed by atoms with Gasteiger partial charge in [-0.2, -0.15) is 8.42 Å². The molecule has 2 unspecified atom stereocenters. The normalized spacial score (nSPS) is 33.5. The summed E-state index contributed by atoms with van der Waals surface area (Å²) in [6, 6.07) is 0. The van der Waals surface area contributed by atoms with E-state index >= 15 is 0 Å². The van der Waals surface area contributed by atoms with Crippen molar-refractivity contribution in [3.63, 3.8) is 0 Å². The van der Waals surface area contributed by atoms with Crippen molar-refractivity contribution < 1.29 is 17.2 Å². The summed E-state index contributed by atoms with van der Waals surface area (Å²) in [4.78, 5) is 0. The van der Waals surface area contributed by atoms with Crippen LogP contribution in [0.4, 0.5) is 0 Å². The quantitative estimate of drug-likeness (QED) is 0.589. The molecule has 4 nitrogen and oxygen atoms in total. The van der Waals surface area contributed by atoms with Crippen molar-refractivity contribution in [2.75, 3.05) is 0 Å². The summed E-state index contributed by atoms with van der Waals surface area (Å²) in [5, 5.41) is 0. The predicted octanol–water partition coefficient (Wildman–Crippen LogP) is 1.25. The maximum atomic E-state index is 10.4. The van der Waals surface area contributed by atoms with E-state index in [0.717, 1.165) is 6.42 Å². The van der Waals surface area contributed by atoms with Gasteiger partial charge in [0, 0.05) is 51.4 Å². The van der Waals surface area contributed by atoms with Crippen LogP contribution in [0.2, 0.25) is 0 Å². The van der Waals surface area contributed by atoms with Crippen LogP contribution in [0, 0.1) is 11.8 Å². The van der Waals surface area contributed by atoms with Gasteiger partial charge in [0.15, 0.2) is 0 Å². The second kappa shape index (κ2) is 6.29. The molecule has 1 rings (SSSR count). The van der Waals surface area contributed by atoms with Gasteiger partial charge in [0.25, 0.3) is 0 Å². The first-order chi connectivity index (χ1) is 5.87. The van der Waals surface area contributed by atoms with Crippen LogP contribution >= 0.6 is 0 Å². The van der Waals surface area contributed by atoms with Crippen LogP contribution in [-0.2, 0) is 14.6 Å². The molecule has 2 atom stereocenters. The second-order valence-electron chi connectivity index (χ2n) is 4.06. The SMILES string of the molecule is CC1CC(C)CC(OS(=O)(=O)O)C1.[K]. The molecule has 0 amide bonds. The molecule has 0 heterocycles. The van der Waals surface area contributed by atoms with Crippen LogP contribution < -0.4 is 0 Å². The van der Waals surface area contributed by atoms with Gasteiger partial charge in [0.2, 0.25) is 0 Å². The van der Waals surface area contributed by atoms with E-state index in [0.29, 0.717) is 24.7 Å². The molecule has 6 heteroatoms.